The summed E-state index contributed by atoms with van der Waals surface area (Å²) in [4.78, 5) is 29.0. The van der Waals surface area contributed by atoms with E-state index in [1.165, 1.54) is 37.3 Å². The number of nitrogens with one attached hydrogen (secondary N) is 1. The fourth-order valence-corrected chi connectivity index (χ4v) is 6.01. The molecule has 2 amide bonds. The number of sulfonamides is 1. The Morgan fingerprint density at radius 3 is 1.98 bits per heavy atom. The van der Waals surface area contributed by atoms with Crippen molar-refractivity contribution in [1.82, 2.24) is 10.2 Å². The Hall–Kier alpha value is -4.05. The quantitative estimate of drug-likeness (QED) is 0.273. The highest BCUT2D eigenvalue weighted by Gasteiger charge is 2.34. The van der Waals surface area contributed by atoms with Crippen LogP contribution in [-0.4, -0.2) is 58.5 Å². The molecule has 232 valence electrons. The molecule has 1 N–H and O–H groups in total. The number of amides is 2. The third-order valence-corrected chi connectivity index (χ3v) is 8.86. The van der Waals surface area contributed by atoms with Gasteiger partial charge in [-0.3, -0.25) is 13.9 Å². The number of rotatable bonds is 14. The van der Waals surface area contributed by atoms with Crippen LogP contribution in [0.2, 0.25) is 0 Å². The van der Waals surface area contributed by atoms with Gasteiger partial charge in [-0.05, 0) is 56.0 Å². The van der Waals surface area contributed by atoms with Crippen LogP contribution >= 0.6 is 0 Å². The maximum Gasteiger partial charge on any atom is 0.264 e. The predicted molar refractivity (Wildman–Crippen MR) is 169 cm³/mol. The molecule has 0 spiro atoms. The van der Waals surface area contributed by atoms with E-state index in [1.807, 2.05) is 58.9 Å². The van der Waals surface area contributed by atoms with Gasteiger partial charge in [0.1, 0.15) is 12.6 Å². The molecule has 3 aromatic rings. The second-order valence-corrected chi connectivity index (χ2v) is 12.8. The summed E-state index contributed by atoms with van der Waals surface area (Å²) < 4.78 is 40.1. The molecule has 10 heteroatoms. The van der Waals surface area contributed by atoms with E-state index in [1.54, 1.807) is 24.3 Å². The predicted octanol–water partition coefficient (Wildman–Crippen LogP) is 5.10. The molecule has 0 aliphatic rings. The lowest BCUT2D eigenvalue weighted by Gasteiger charge is -2.33. The number of anilines is 1. The van der Waals surface area contributed by atoms with Crippen molar-refractivity contribution in [2.75, 3.05) is 31.6 Å². The zero-order valence-corrected chi connectivity index (χ0v) is 26.9. The van der Waals surface area contributed by atoms with Crippen LogP contribution in [0.25, 0.3) is 0 Å². The summed E-state index contributed by atoms with van der Waals surface area (Å²) in [5.74, 6) is 0.0684. The largest absolute Gasteiger partial charge is 0.493 e. The molecule has 0 saturated heterocycles. The third-order valence-electron chi connectivity index (χ3n) is 7.09. The van der Waals surface area contributed by atoms with Gasteiger partial charge in [-0.1, -0.05) is 68.3 Å². The first-order valence-corrected chi connectivity index (χ1v) is 15.8. The van der Waals surface area contributed by atoms with E-state index >= 15 is 0 Å². The Bertz CT molecular complexity index is 1490. The van der Waals surface area contributed by atoms with Crippen LogP contribution in [0.15, 0.2) is 71.6 Å². The SMILES string of the molecule is CC[C@@H](C(=O)NCC(C)C)N(Cc1ccc(C)cc1)C(=O)CN(c1ccc(C)cc1)S(=O)(=O)c1ccc(OC)c(OC)c1. The molecule has 0 aliphatic carbocycles. The van der Waals surface area contributed by atoms with E-state index in [-0.39, 0.29) is 29.0 Å². The highest BCUT2D eigenvalue weighted by atomic mass is 32.2. The first-order chi connectivity index (χ1) is 20.4. The van der Waals surface area contributed by atoms with Gasteiger partial charge in [-0.25, -0.2) is 8.42 Å². The van der Waals surface area contributed by atoms with E-state index in [4.69, 9.17) is 9.47 Å². The fraction of sp³-hybridized carbons (Fsp3) is 0.394. The monoisotopic (exact) mass is 609 g/mol. The normalized spacial score (nSPS) is 12.0. The highest BCUT2D eigenvalue weighted by Crippen LogP contribution is 2.32. The Kier molecular flexibility index (Phi) is 11.6. The second kappa shape index (κ2) is 14.9. The first-order valence-electron chi connectivity index (χ1n) is 14.3. The molecule has 0 radical (unpaired) electrons. The first kappa shape index (κ1) is 33.5. The minimum Gasteiger partial charge on any atom is -0.493 e. The molecule has 3 rings (SSSR count). The number of ether oxygens (including phenoxy) is 2. The van der Waals surface area contributed by atoms with Crippen LogP contribution in [0.3, 0.4) is 0 Å². The van der Waals surface area contributed by atoms with Crippen molar-refractivity contribution in [3.63, 3.8) is 0 Å². The maximum absolute atomic E-state index is 14.2. The van der Waals surface area contributed by atoms with Gasteiger partial charge in [-0.2, -0.15) is 0 Å². The zero-order chi connectivity index (χ0) is 31.7. The lowest BCUT2D eigenvalue weighted by atomic mass is 10.1. The molecule has 43 heavy (non-hydrogen) atoms. The number of hydrogen-bond acceptors (Lipinski definition) is 6. The average Bonchev–Trinajstić information content (AvgIpc) is 2.99. The molecule has 3 aromatic carbocycles. The van der Waals surface area contributed by atoms with Gasteiger partial charge in [0.15, 0.2) is 11.5 Å². The molecule has 0 saturated carbocycles. The van der Waals surface area contributed by atoms with Crippen LogP contribution in [0, 0.1) is 19.8 Å². The second-order valence-electron chi connectivity index (χ2n) is 10.9. The number of hydrogen-bond donors (Lipinski definition) is 1. The molecule has 0 aliphatic heterocycles. The van der Waals surface area contributed by atoms with E-state index in [2.05, 4.69) is 5.32 Å². The van der Waals surface area contributed by atoms with Crippen molar-refractivity contribution >= 4 is 27.5 Å². The summed E-state index contributed by atoms with van der Waals surface area (Å²) in [6.07, 6.45) is 0.356. The van der Waals surface area contributed by atoms with Crippen molar-refractivity contribution in [3.8, 4) is 11.5 Å². The van der Waals surface area contributed by atoms with Crippen molar-refractivity contribution in [2.45, 2.75) is 58.5 Å². The number of nitrogens with zero attached hydrogens (tertiary/aromatic N) is 2. The summed E-state index contributed by atoms with van der Waals surface area (Å²) in [6.45, 7) is 9.79. The fourth-order valence-electron chi connectivity index (χ4n) is 4.58. The number of methoxy groups -OCH3 is 2. The Balaban J connectivity index is 2.08. The summed E-state index contributed by atoms with van der Waals surface area (Å²) in [5.41, 5.74) is 3.15. The molecule has 0 unspecified atom stereocenters. The van der Waals surface area contributed by atoms with Crippen molar-refractivity contribution in [3.05, 3.63) is 83.4 Å². The van der Waals surface area contributed by atoms with Gasteiger partial charge in [-0.15, -0.1) is 0 Å². The van der Waals surface area contributed by atoms with Crippen LogP contribution in [-0.2, 0) is 26.2 Å². The third kappa shape index (κ3) is 8.50. The summed E-state index contributed by atoms with van der Waals surface area (Å²) in [6, 6.07) is 18.1. The van der Waals surface area contributed by atoms with Crippen LogP contribution in [0.5, 0.6) is 11.5 Å². The van der Waals surface area contributed by atoms with Gasteiger partial charge in [0.2, 0.25) is 11.8 Å². The van der Waals surface area contributed by atoms with Crippen molar-refractivity contribution in [1.29, 1.82) is 0 Å². The summed E-state index contributed by atoms with van der Waals surface area (Å²) in [7, 11) is -1.37. The van der Waals surface area contributed by atoms with E-state index in [9.17, 15) is 18.0 Å². The van der Waals surface area contributed by atoms with Gasteiger partial charge in [0.25, 0.3) is 10.0 Å². The Morgan fingerprint density at radius 1 is 0.860 bits per heavy atom. The standard InChI is InChI=1S/C33H43N3O6S/c1-8-29(33(38)34-20-23(2)3)35(21-26-13-9-24(4)10-14-26)32(37)22-36(27-15-11-25(5)12-16-27)43(39,40)28-17-18-30(41-6)31(19-28)42-7/h9-19,23,29H,8,20-22H2,1-7H3,(H,34,38)/t29-/m0/s1. The molecule has 0 aromatic heterocycles. The van der Waals surface area contributed by atoms with Crippen molar-refractivity contribution < 1.29 is 27.5 Å². The van der Waals surface area contributed by atoms with Gasteiger partial charge in [0.05, 0.1) is 24.8 Å². The van der Waals surface area contributed by atoms with E-state index in [0.717, 1.165) is 21.0 Å². The summed E-state index contributed by atoms with van der Waals surface area (Å²) in [5, 5.41) is 2.94. The van der Waals surface area contributed by atoms with E-state index in [0.29, 0.717) is 24.4 Å². The van der Waals surface area contributed by atoms with Gasteiger partial charge < -0.3 is 19.7 Å². The zero-order valence-electron chi connectivity index (χ0n) is 26.1. The van der Waals surface area contributed by atoms with Crippen molar-refractivity contribution in [2.24, 2.45) is 5.92 Å². The summed E-state index contributed by atoms with van der Waals surface area (Å²) >= 11 is 0. The molecule has 0 bridgehead atoms. The lowest BCUT2D eigenvalue weighted by molar-refractivity contribution is -0.140. The minimum atomic E-state index is -4.26. The average molecular weight is 610 g/mol. The van der Waals surface area contributed by atoms with Gasteiger partial charge in [0, 0.05) is 19.2 Å². The maximum atomic E-state index is 14.2. The molecule has 1 atom stereocenters. The molecule has 0 fully saturated rings. The molecule has 9 nitrogen and oxygen atoms in total. The lowest BCUT2D eigenvalue weighted by Crippen LogP contribution is -2.52. The number of aryl methyl sites for hydroxylation is 2. The van der Waals surface area contributed by atoms with Gasteiger partial charge >= 0.3 is 0 Å². The highest BCUT2D eigenvalue weighted by molar-refractivity contribution is 7.92. The Labute approximate surface area is 255 Å². The molecule has 0 heterocycles. The van der Waals surface area contributed by atoms with Crippen LogP contribution < -0.4 is 19.1 Å². The number of carbonyl (C=O) groups excluding carboxylic acids is 2. The smallest absolute Gasteiger partial charge is 0.264 e. The number of benzene rings is 3. The Morgan fingerprint density at radius 2 is 1.44 bits per heavy atom. The topological polar surface area (TPSA) is 105 Å². The molecular formula is C33H43N3O6S. The number of carbonyl (C=O) groups is 2. The van der Waals surface area contributed by atoms with E-state index < -0.39 is 28.5 Å². The minimum absolute atomic E-state index is 0.0645. The van der Waals surface area contributed by atoms with Crippen LogP contribution in [0.4, 0.5) is 5.69 Å². The molecular weight excluding hydrogens is 566 g/mol. The van der Waals surface area contributed by atoms with Crippen LogP contribution in [0.1, 0.15) is 43.9 Å².